The fourth-order valence-corrected chi connectivity index (χ4v) is 1.88. The summed E-state index contributed by atoms with van der Waals surface area (Å²) in [6, 6.07) is 4.31. The fourth-order valence-electron chi connectivity index (χ4n) is 1.88. The first kappa shape index (κ1) is 15.8. The van der Waals surface area contributed by atoms with Gasteiger partial charge in [0.25, 0.3) is 0 Å². The molecule has 0 saturated carbocycles. The highest BCUT2D eigenvalue weighted by atomic mass is 19.4. The van der Waals surface area contributed by atoms with E-state index in [1.165, 1.54) is 13.0 Å². The number of nitrogens with two attached hydrogens (primary N) is 1. The fraction of sp³-hybridized carbons (Fsp3) is 0.571. The van der Waals surface area contributed by atoms with Crippen LogP contribution in [0.15, 0.2) is 18.2 Å². The molecule has 0 aromatic heterocycles. The van der Waals surface area contributed by atoms with E-state index in [9.17, 15) is 13.2 Å². The summed E-state index contributed by atoms with van der Waals surface area (Å²) >= 11 is 0. The summed E-state index contributed by atoms with van der Waals surface area (Å²) in [6.45, 7) is 6.66. The van der Waals surface area contributed by atoms with E-state index >= 15 is 0 Å². The van der Waals surface area contributed by atoms with Crippen LogP contribution in [-0.4, -0.2) is 13.1 Å². The van der Waals surface area contributed by atoms with Crippen LogP contribution in [0.3, 0.4) is 0 Å². The van der Waals surface area contributed by atoms with Crippen molar-refractivity contribution >= 4 is 5.69 Å². The monoisotopic (exact) mass is 274 g/mol. The maximum Gasteiger partial charge on any atom is 0.416 e. The summed E-state index contributed by atoms with van der Waals surface area (Å²) in [4.78, 5) is 0. The van der Waals surface area contributed by atoms with Crippen molar-refractivity contribution < 1.29 is 13.2 Å². The smallest absolute Gasteiger partial charge is 0.385 e. The second-order valence-corrected chi connectivity index (χ2v) is 5.15. The molecule has 0 radical (unpaired) electrons. The average molecular weight is 274 g/mol. The van der Waals surface area contributed by atoms with Gasteiger partial charge in [0.1, 0.15) is 0 Å². The third-order valence-electron chi connectivity index (χ3n) is 3.36. The lowest BCUT2D eigenvalue weighted by Gasteiger charge is -2.20. The van der Waals surface area contributed by atoms with Gasteiger partial charge in [0.05, 0.1) is 5.56 Å². The molecule has 1 aromatic rings. The normalized spacial score (nSPS) is 13.7. The Morgan fingerprint density at radius 2 is 1.89 bits per heavy atom. The molecule has 0 heterocycles. The number of anilines is 1. The first-order valence-electron chi connectivity index (χ1n) is 6.37. The van der Waals surface area contributed by atoms with Crippen molar-refractivity contribution in [3.63, 3.8) is 0 Å². The molecular weight excluding hydrogens is 253 g/mol. The van der Waals surface area contributed by atoms with Crippen molar-refractivity contribution in [3.05, 3.63) is 29.3 Å². The summed E-state index contributed by atoms with van der Waals surface area (Å²) in [5.74, 6) is 0.640. The molecule has 1 unspecified atom stereocenters. The number of aryl methyl sites for hydroxylation is 1. The third-order valence-corrected chi connectivity index (χ3v) is 3.36. The molecule has 1 rings (SSSR count). The largest absolute Gasteiger partial charge is 0.416 e. The van der Waals surface area contributed by atoms with E-state index in [4.69, 9.17) is 5.73 Å². The van der Waals surface area contributed by atoms with E-state index < -0.39 is 11.7 Å². The number of nitrogens with one attached hydrogen (secondary N) is 1. The van der Waals surface area contributed by atoms with Crippen LogP contribution in [0, 0.1) is 18.8 Å². The molecule has 0 aliphatic carbocycles. The number of hydrogen-bond acceptors (Lipinski definition) is 2. The first-order valence-corrected chi connectivity index (χ1v) is 6.37. The lowest BCUT2D eigenvalue weighted by Crippen LogP contribution is -2.27. The Balaban J connectivity index is 2.81. The van der Waals surface area contributed by atoms with Gasteiger partial charge in [-0.15, -0.1) is 0 Å². The number of hydrogen-bond donors (Lipinski definition) is 2. The van der Waals surface area contributed by atoms with E-state index in [-0.39, 0.29) is 11.5 Å². The van der Waals surface area contributed by atoms with Crippen molar-refractivity contribution in [2.45, 2.75) is 26.9 Å². The summed E-state index contributed by atoms with van der Waals surface area (Å²) in [5.41, 5.74) is 5.77. The Hall–Kier alpha value is -1.23. The van der Waals surface area contributed by atoms with Gasteiger partial charge in [0.2, 0.25) is 0 Å². The lowest BCUT2D eigenvalue weighted by atomic mass is 9.96. The highest BCUT2D eigenvalue weighted by Gasteiger charge is 2.32. The molecule has 0 bridgehead atoms. The van der Waals surface area contributed by atoms with Crippen molar-refractivity contribution in [2.75, 3.05) is 18.4 Å². The molecule has 1 atom stereocenters. The van der Waals surface area contributed by atoms with E-state index in [1.807, 2.05) is 0 Å². The summed E-state index contributed by atoms with van der Waals surface area (Å²) < 4.78 is 38.3. The SMILES string of the molecule is Cc1ccc(NCC(CN)C(C)C)cc1C(F)(F)F. The van der Waals surface area contributed by atoms with Crippen LogP contribution in [0.2, 0.25) is 0 Å². The van der Waals surface area contributed by atoms with Crippen molar-refractivity contribution in [3.8, 4) is 0 Å². The van der Waals surface area contributed by atoms with Gasteiger partial charge in [-0.25, -0.2) is 0 Å². The average Bonchev–Trinajstić information content (AvgIpc) is 2.30. The molecule has 19 heavy (non-hydrogen) atoms. The second-order valence-electron chi connectivity index (χ2n) is 5.15. The Labute approximate surface area is 112 Å². The van der Waals surface area contributed by atoms with E-state index in [0.717, 1.165) is 6.07 Å². The zero-order chi connectivity index (χ0) is 14.6. The van der Waals surface area contributed by atoms with Gasteiger partial charge in [0, 0.05) is 12.2 Å². The standard InChI is InChI=1S/C14H21F3N2/c1-9(2)11(7-18)8-19-12-5-4-10(3)13(6-12)14(15,16)17/h4-6,9,11,19H,7-8,18H2,1-3H3. The molecule has 0 aliphatic rings. The molecule has 0 fully saturated rings. The van der Waals surface area contributed by atoms with Crippen LogP contribution in [0.25, 0.3) is 0 Å². The minimum atomic E-state index is -4.31. The lowest BCUT2D eigenvalue weighted by molar-refractivity contribution is -0.138. The molecule has 0 amide bonds. The van der Waals surface area contributed by atoms with E-state index in [2.05, 4.69) is 19.2 Å². The molecule has 0 spiro atoms. The highest BCUT2D eigenvalue weighted by molar-refractivity contribution is 5.49. The van der Waals surface area contributed by atoms with Crippen molar-refractivity contribution in [1.29, 1.82) is 0 Å². The Kier molecular flexibility index (Phi) is 5.23. The van der Waals surface area contributed by atoms with Gasteiger partial charge >= 0.3 is 6.18 Å². The highest BCUT2D eigenvalue weighted by Crippen LogP contribution is 2.33. The number of halogens is 3. The van der Waals surface area contributed by atoms with Gasteiger partial charge in [-0.1, -0.05) is 19.9 Å². The maximum absolute atomic E-state index is 12.8. The second kappa shape index (κ2) is 6.28. The Morgan fingerprint density at radius 1 is 1.26 bits per heavy atom. The van der Waals surface area contributed by atoms with Crippen molar-refractivity contribution in [1.82, 2.24) is 0 Å². The molecule has 5 heteroatoms. The van der Waals surface area contributed by atoms with Crippen LogP contribution in [0.1, 0.15) is 25.0 Å². The molecule has 0 aliphatic heterocycles. The zero-order valence-corrected chi connectivity index (χ0v) is 11.5. The van der Waals surface area contributed by atoms with Gasteiger partial charge in [-0.3, -0.25) is 0 Å². The summed E-state index contributed by atoms with van der Waals surface area (Å²) in [6.07, 6.45) is -4.31. The topological polar surface area (TPSA) is 38.0 Å². The van der Waals surface area contributed by atoms with E-state index in [1.54, 1.807) is 6.07 Å². The first-order chi connectivity index (χ1) is 8.75. The van der Waals surface area contributed by atoms with Crippen molar-refractivity contribution in [2.24, 2.45) is 17.6 Å². The molecule has 3 N–H and O–H groups in total. The van der Waals surface area contributed by atoms with Crippen LogP contribution in [-0.2, 0) is 6.18 Å². The van der Waals surface area contributed by atoms with E-state index in [0.29, 0.717) is 24.7 Å². The minimum Gasteiger partial charge on any atom is -0.385 e. The number of rotatable bonds is 5. The number of alkyl halides is 3. The summed E-state index contributed by atoms with van der Waals surface area (Å²) in [5, 5.41) is 3.04. The maximum atomic E-state index is 12.8. The molecule has 1 aromatic carbocycles. The minimum absolute atomic E-state index is 0.234. The zero-order valence-electron chi connectivity index (χ0n) is 11.5. The quantitative estimate of drug-likeness (QED) is 0.860. The predicted octanol–water partition coefficient (Wildman–Crippen LogP) is 3.66. The van der Waals surface area contributed by atoms with Crippen LogP contribution >= 0.6 is 0 Å². The van der Waals surface area contributed by atoms with Crippen LogP contribution in [0.4, 0.5) is 18.9 Å². The van der Waals surface area contributed by atoms with Crippen LogP contribution < -0.4 is 11.1 Å². The number of benzene rings is 1. The Morgan fingerprint density at radius 3 is 2.37 bits per heavy atom. The summed E-state index contributed by atoms with van der Waals surface area (Å²) in [7, 11) is 0. The molecule has 0 saturated heterocycles. The molecule has 108 valence electrons. The van der Waals surface area contributed by atoms with Gasteiger partial charge in [-0.05, 0) is 43.0 Å². The van der Waals surface area contributed by atoms with Gasteiger partial charge < -0.3 is 11.1 Å². The third kappa shape index (κ3) is 4.42. The van der Waals surface area contributed by atoms with Gasteiger partial charge in [0.15, 0.2) is 0 Å². The van der Waals surface area contributed by atoms with Crippen LogP contribution in [0.5, 0.6) is 0 Å². The Bertz CT molecular complexity index is 414. The molecular formula is C14H21F3N2. The van der Waals surface area contributed by atoms with Gasteiger partial charge in [-0.2, -0.15) is 13.2 Å². The molecule has 2 nitrogen and oxygen atoms in total. The predicted molar refractivity (Wildman–Crippen MR) is 72.1 cm³/mol.